The molecule has 2 rings (SSSR count). The second-order valence-electron chi connectivity index (χ2n) is 5.20. The van der Waals surface area contributed by atoms with E-state index < -0.39 is 0 Å². The Labute approximate surface area is 126 Å². The maximum atomic E-state index is 13.6. The van der Waals surface area contributed by atoms with E-state index in [1.165, 1.54) is 10.9 Å². The Kier molecular flexibility index (Phi) is 4.76. The Bertz CT molecular complexity index is 537. The van der Waals surface area contributed by atoms with Crippen molar-refractivity contribution in [3.05, 3.63) is 56.4 Å². The smallest absolute Gasteiger partial charge is 0.127 e. The van der Waals surface area contributed by atoms with Crippen LogP contribution in [0.25, 0.3) is 0 Å². The second-order valence-corrected chi connectivity index (χ2v) is 7.06. The maximum absolute atomic E-state index is 13.6. The van der Waals surface area contributed by atoms with Crippen molar-refractivity contribution in [1.82, 2.24) is 5.32 Å². The van der Waals surface area contributed by atoms with Gasteiger partial charge in [-0.05, 0) is 29.6 Å². The van der Waals surface area contributed by atoms with E-state index in [4.69, 9.17) is 0 Å². The maximum Gasteiger partial charge on any atom is 0.127 e. The molecule has 0 spiro atoms. The summed E-state index contributed by atoms with van der Waals surface area (Å²) in [5.74, 6) is -0.162. The Morgan fingerprint density at radius 3 is 2.79 bits per heavy atom. The van der Waals surface area contributed by atoms with Crippen LogP contribution in [-0.4, -0.2) is 6.54 Å². The van der Waals surface area contributed by atoms with Crippen LogP contribution in [0.4, 0.5) is 4.39 Å². The number of hydrogen-bond acceptors (Lipinski definition) is 2. The molecule has 0 aliphatic carbocycles. The van der Waals surface area contributed by atoms with Crippen molar-refractivity contribution < 1.29 is 4.39 Å². The number of benzene rings is 1. The van der Waals surface area contributed by atoms with Crippen LogP contribution in [-0.2, 0) is 12.0 Å². The minimum absolute atomic E-state index is 0.0661. The highest BCUT2D eigenvalue weighted by molar-refractivity contribution is 9.10. The topological polar surface area (TPSA) is 12.0 Å². The van der Waals surface area contributed by atoms with Crippen LogP contribution in [0.5, 0.6) is 0 Å². The van der Waals surface area contributed by atoms with E-state index in [1.807, 2.05) is 6.07 Å². The van der Waals surface area contributed by atoms with E-state index in [-0.39, 0.29) is 11.2 Å². The zero-order chi connectivity index (χ0) is 13.9. The fourth-order valence-corrected chi connectivity index (χ4v) is 3.20. The number of hydrogen-bond donors (Lipinski definition) is 1. The molecule has 0 saturated carbocycles. The molecule has 0 aliphatic heterocycles. The van der Waals surface area contributed by atoms with Crippen LogP contribution in [0.15, 0.2) is 40.2 Å². The van der Waals surface area contributed by atoms with Crippen LogP contribution in [0, 0.1) is 5.82 Å². The summed E-state index contributed by atoms with van der Waals surface area (Å²) in [5.41, 5.74) is 0.757. The molecule has 4 heteroatoms. The van der Waals surface area contributed by atoms with Gasteiger partial charge in [-0.3, -0.25) is 0 Å². The molecule has 1 N–H and O–H groups in total. The van der Waals surface area contributed by atoms with Gasteiger partial charge in [0.25, 0.3) is 0 Å². The van der Waals surface area contributed by atoms with Crippen molar-refractivity contribution in [2.45, 2.75) is 25.8 Å². The first-order chi connectivity index (χ1) is 8.99. The molecule has 0 radical (unpaired) electrons. The Hall–Kier alpha value is -0.710. The first kappa shape index (κ1) is 14.7. The number of rotatable bonds is 5. The molecule has 102 valence electrons. The third-order valence-electron chi connectivity index (χ3n) is 3.08. The molecule has 1 aromatic heterocycles. The summed E-state index contributed by atoms with van der Waals surface area (Å²) >= 11 is 5.13. The van der Waals surface area contributed by atoms with Crippen molar-refractivity contribution in [3.8, 4) is 0 Å². The van der Waals surface area contributed by atoms with Crippen molar-refractivity contribution in [2.75, 3.05) is 6.54 Å². The molecule has 1 heterocycles. The zero-order valence-electron chi connectivity index (χ0n) is 11.0. The molecular formula is C15H17BrFNS. The van der Waals surface area contributed by atoms with E-state index in [2.05, 4.69) is 52.6 Å². The fraction of sp³-hybridized carbons (Fsp3) is 0.333. The van der Waals surface area contributed by atoms with Gasteiger partial charge >= 0.3 is 0 Å². The van der Waals surface area contributed by atoms with Gasteiger partial charge in [0.1, 0.15) is 5.82 Å². The van der Waals surface area contributed by atoms with Crippen molar-refractivity contribution in [1.29, 1.82) is 0 Å². The van der Waals surface area contributed by atoms with Gasteiger partial charge in [0.15, 0.2) is 0 Å². The van der Waals surface area contributed by atoms with Crippen LogP contribution in [0.2, 0.25) is 0 Å². The van der Waals surface area contributed by atoms with E-state index >= 15 is 0 Å². The van der Waals surface area contributed by atoms with Crippen LogP contribution >= 0.6 is 27.3 Å². The molecule has 0 unspecified atom stereocenters. The minimum atomic E-state index is -0.162. The molecule has 0 atom stereocenters. The lowest BCUT2D eigenvalue weighted by Gasteiger charge is -2.23. The van der Waals surface area contributed by atoms with Gasteiger partial charge in [0, 0.05) is 33.4 Å². The van der Waals surface area contributed by atoms with Gasteiger partial charge < -0.3 is 5.32 Å². The lowest BCUT2D eigenvalue weighted by Crippen LogP contribution is -2.32. The number of halogens is 2. The van der Waals surface area contributed by atoms with Gasteiger partial charge in [-0.15, -0.1) is 11.3 Å². The summed E-state index contributed by atoms with van der Waals surface area (Å²) in [5, 5.41) is 5.43. The lowest BCUT2D eigenvalue weighted by atomic mass is 9.91. The quantitative estimate of drug-likeness (QED) is 0.829. The summed E-state index contributed by atoms with van der Waals surface area (Å²) in [6.45, 7) is 5.76. The molecule has 0 aliphatic rings. The van der Waals surface area contributed by atoms with Crippen molar-refractivity contribution >= 4 is 27.3 Å². The zero-order valence-corrected chi connectivity index (χ0v) is 13.4. The summed E-state index contributed by atoms with van der Waals surface area (Å²) in [6, 6.07) is 9.24. The number of thiophene rings is 1. The van der Waals surface area contributed by atoms with Gasteiger partial charge in [-0.1, -0.05) is 35.8 Å². The third-order valence-corrected chi connectivity index (χ3v) is 4.81. The molecule has 0 bridgehead atoms. The van der Waals surface area contributed by atoms with Gasteiger partial charge in [0.05, 0.1) is 0 Å². The van der Waals surface area contributed by atoms with E-state index in [0.717, 1.165) is 11.0 Å². The molecule has 1 nitrogen and oxygen atoms in total. The molecule has 2 aromatic rings. The fourth-order valence-electron chi connectivity index (χ4n) is 1.94. The average Bonchev–Trinajstić information content (AvgIpc) is 2.88. The highest BCUT2D eigenvalue weighted by Crippen LogP contribution is 2.26. The Morgan fingerprint density at radius 2 is 2.11 bits per heavy atom. The predicted molar refractivity (Wildman–Crippen MR) is 83.2 cm³/mol. The number of nitrogens with one attached hydrogen (secondary N) is 1. The standard InChI is InChI=1S/C15H17BrFNS/c1-15(2,14-4-3-7-19-14)10-18-9-11-8-12(16)5-6-13(11)17/h3-8,18H,9-10H2,1-2H3. The van der Waals surface area contributed by atoms with E-state index in [1.54, 1.807) is 17.4 Å². The SMILES string of the molecule is CC(C)(CNCc1cc(Br)ccc1F)c1cccs1. The molecule has 0 amide bonds. The van der Waals surface area contributed by atoms with Crippen molar-refractivity contribution in [2.24, 2.45) is 0 Å². The molecule has 0 saturated heterocycles. The van der Waals surface area contributed by atoms with Crippen LogP contribution < -0.4 is 5.32 Å². The molecular weight excluding hydrogens is 325 g/mol. The third kappa shape index (κ3) is 3.88. The highest BCUT2D eigenvalue weighted by atomic mass is 79.9. The van der Waals surface area contributed by atoms with Gasteiger partial charge in [-0.25, -0.2) is 4.39 Å². The first-order valence-electron chi connectivity index (χ1n) is 6.18. The van der Waals surface area contributed by atoms with Crippen LogP contribution in [0.1, 0.15) is 24.3 Å². The molecule has 19 heavy (non-hydrogen) atoms. The second kappa shape index (κ2) is 6.16. The van der Waals surface area contributed by atoms with Gasteiger partial charge in [0.2, 0.25) is 0 Å². The average molecular weight is 342 g/mol. The molecule has 1 aromatic carbocycles. The Morgan fingerprint density at radius 1 is 1.32 bits per heavy atom. The highest BCUT2D eigenvalue weighted by Gasteiger charge is 2.21. The monoisotopic (exact) mass is 341 g/mol. The van der Waals surface area contributed by atoms with E-state index in [9.17, 15) is 4.39 Å². The summed E-state index contributed by atoms with van der Waals surface area (Å²) in [6.07, 6.45) is 0. The summed E-state index contributed by atoms with van der Waals surface area (Å²) in [7, 11) is 0. The van der Waals surface area contributed by atoms with Crippen molar-refractivity contribution in [3.63, 3.8) is 0 Å². The Balaban J connectivity index is 1.95. The minimum Gasteiger partial charge on any atom is -0.312 e. The molecule has 0 fully saturated rings. The summed E-state index contributed by atoms with van der Waals surface area (Å²) in [4.78, 5) is 1.34. The van der Waals surface area contributed by atoms with Crippen LogP contribution in [0.3, 0.4) is 0 Å². The van der Waals surface area contributed by atoms with Gasteiger partial charge in [-0.2, -0.15) is 0 Å². The normalized spacial score (nSPS) is 11.8. The summed E-state index contributed by atoms with van der Waals surface area (Å²) < 4.78 is 14.5. The largest absolute Gasteiger partial charge is 0.312 e. The van der Waals surface area contributed by atoms with E-state index in [0.29, 0.717) is 12.1 Å². The lowest BCUT2D eigenvalue weighted by molar-refractivity contribution is 0.471. The first-order valence-corrected chi connectivity index (χ1v) is 7.85. The predicted octanol–water partition coefficient (Wildman–Crippen LogP) is 4.72.